The molecule has 2 heterocycles. The second-order valence-electron chi connectivity index (χ2n) is 7.38. The summed E-state index contributed by atoms with van der Waals surface area (Å²) in [4.78, 5) is 36.6. The Morgan fingerprint density at radius 2 is 1.84 bits per heavy atom. The number of carbonyl (C=O) groups is 2. The molecular weight excluding hydrogens is 400 g/mol. The van der Waals surface area contributed by atoms with Crippen LogP contribution in [-0.2, 0) is 16.0 Å². The van der Waals surface area contributed by atoms with Crippen molar-refractivity contribution in [2.75, 3.05) is 7.11 Å². The van der Waals surface area contributed by atoms with Gasteiger partial charge in [-0.25, -0.2) is 4.79 Å². The average molecular weight is 426 g/mol. The van der Waals surface area contributed by atoms with Gasteiger partial charge in [-0.05, 0) is 43.5 Å². The molecule has 0 aliphatic rings. The van der Waals surface area contributed by atoms with Gasteiger partial charge in [0.1, 0.15) is 28.4 Å². The lowest BCUT2D eigenvalue weighted by Gasteiger charge is -2.12. The highest BCUT2D eigenvalue weighted by molar-refractivity contribution is 5.88. The van der Waals surface area contributed by atoms with Crippen LogP contribution in [0, 0.1) is 6.92 Å². The molecule has 0 aliphatic carbocycles. The van der Waals surface area contributed by atoms with E-state index < -0.39 is 11.9 Å². The Morgan fingerprint density at radius 1 is 1.06 bits per heavy atom. The van der Waals surface area contributed by atoms with Crippen LogP contribution in [0.5, 0.6) is 5.75 Å². The molecule has 0 spiro atoms. The number of carbonyl (C=O) groups excluding carboxylic acids is 2. The number of hydrogen-bond acceptors (Lipinski definition) is 7. The molecule has 0 amide bonds. The van der Waals surface area contributed by atoms with Crippen LogP contribution in [0.3, 0.4) is 0 Å². The van der Waals surface area contributed by atoms with Crippen LogP contribution in [0.25, 0.3) is 22.3 Å². The average Bonchev–Trinajstić information content (AvgIpc) is 3.20. The molecule has 7 nitrogen and oxygen atoms in total. The zero-order valence-corrected chi connectivity index (χ0v) is 18.2. The second-order valence-corrected chi connectivity index (χ2v) is 7.38. The molecule has 0 unspecified atom stereocenters. The van der Waals surface area contributed by atoms with Crippen molar-refractivity contribution in [2.24, 2.45) is 0 Å². The minimum absolute atomic E-state index is 0.00165. The fourth-order valence-electron chi connectivity index (χ4n) is 3.53. The highest BCUT2D eigenvalue weighted by Crippen LogP contribution is 2.31. The fourth-order valence-corrected chi connectivity index (χ4v) is 3.53. The van der Waals surface area contributed by atoms with Crippen LogP contribution in [0.15, 0.2) is 37.9 Å². The number of methoxy groups -OCH3 is 1. The molecule has 3 aromatic rings. The quantitative estimate of drug-likeness (QED) is 0.278. The summed E-state index contributed by atoms with van der Waals surface area (Å²) in [5.74, 6) is -0.115. The predicted molar refractivity (Wildman–Crippen MR) is 115 cm³/mol. The lowest BCUT2D eigenvalue weighted by Crippen LogP contribution is -2.10. The smallest absolute Gasteiger partial charge is 0.373 e. The maximum atomic E-state index is 13.3. The third-order valence-corrected chi connectivity index (χ3v) is 5.04. The van der Waals surface area contributed by atoms with E-state index in [1.54, 1.807) is 19.1 Å². The summed E-state index contributed by atoms with van der Waals surface area (Å²) >= 11 is 0. The van der Waals surface area contributed by atoms with Crippen molar-refractivity contribution in [1.29, 1.82) is 0 Å². The number of hydrogen-bond donors (Lipinski definition) is 0. The zero-order chi connectivity index (χ0) is 22.5. The summed E-state index contributed by atoms with van der Waals surface area (Å²) in [5, 5.41) is 0.359. The Hall–Kier alpha value is -3.35. The van der Waals surface area contributed by atoms with Crippen LogP contribution in [0.2, 0.25) is 0 Å². The molecule has 0 radical (unpaired) electrons. The highest BCUT2D eigenvalue weighted by Gasteiger charge is 2.21. The van der Waals surface area contributed by atoms with Gasteiger partial charge in [0.25, 0.3) is 0 Å². The Bertz CT molecular complexity index is 1170. The van der Waals surface area contributed by atoms with Crippen molar-refractivity contribution in [3.63, 3.8) is 0 Å². The van der Waals surface area contributed by atoms with Gasteiger partial charge >= 0.3 is 11.9 Å². The predicted octanol–water partition coefficient (Wildman–Crippen LogP) is 5.20. The van der Waals surface area contributed by atoms with E-state index in [2.05, 4.69) is 11.7 Å². The molecule has 7 heteroatoms. The monoisotopic (exact) mass is 426 g/mol. The molecule has 0 fully saturated rings. The third-order valence-electron chi connectivity index (χ3n) is 5.04. The summed E-state index contributed by atoms with van der Waals surface area (Å²) in [6, 6.07) is 6.30. The van der Waals surface area contributed by atoms with E-state index in [4.69, 9.17) is 13.6 Å². The number of esters is 2. The number of benzene rings is 1. The lowest BCUT2D eigenvalue weighted by molar-refractivity contribution is -0.131. The zero-order valence-electron chi connectivity index (χ0n) is 18.2. The number of furan rings is 1. The van der Waals surface area contributed by atoms with Crippen molar-refractivity contribution in [3.05, 3.63) is 51.6 Å². The molecule has 1 aromatic carbocycles. The summed E-state index contributed by atoms with van der Waals surface area (Å²) < 4.78 is 21.4. The number of rotatable bonds is 8. The summed E-state index contributed by atoms with van der Waals surface area (Å²) in [5.41, 5.74) is 1.05. The van der Waals surface area contributed by atoms with Gasteiger partial charge in [-0.1, -0.05) is 26.2 Å². The standard InChI is InChI=1S/C24H26O7/c1-5-6-7-8-9-16-12-17-21(13-20(16)30-15(3)25)29-14(2)22(23(17)26)18-10-11-19(31-18)24(27)28-4/h10-13H,5-9H2,1-4H3. The van der Waals surface area contributed by atoms with E-state index in [0.717, 1.165) is 31.2 Å². The molecule has 0 saturated heterocycles. The first kappa shape index (κ1) is 22.3. The lowest BCUT2D eigenvalue weighted by atomic mass is 10.0. The van der Waals surface area contributed by atoms with Crippen molar-refractivity contribution < 1.29 is 27.9 Å². The first-order chi connectivity index (χ1) is 14.8. The molecule has 0 aliphatic heterocycles. The Morgan fingerprint density at radius 3 is 2.52 bits per heavy atom. The summed E-state index contributed by atoms with van der Waals surface area (Å²) in [6.07, 6.45) is 4.86. The van der Waals surface area contributed by atoms with Crippen LogP contribution in [0.4, 0.5) is 0 Å². The molecule has 164 valence electrons. The maximum Gasteiger partial charge on any atom is 0.373 e. The van der Waals surface area contributed by atoms with E-state index in [0.29, 0.717) is 28.9 Å². The first-order valence-corrected chi connectivity index (χ1v) is 10.3. The van der Waals surface area contributed by atoms with E-state index in [1.165, 1.54) is 26.2 Å². The van der Waals surface area contributed by atoms with Crippen LogP contribution in [-0.4, -0.2) is 19.0 Å². The van der Waals surface area contributed by atoms with Gasteiger partial charge in [-0.2, -0.15) is 0 Å². The largest absolute Gasteiger partial charge is 0.463 e. The maximum absolute atomic E-state index is 13.3. The minimum Gasteiger partial charge on any atom is -0.463 e. The molecule has 31 heavy (non-hydrogen) atoms. The van der Waals surface area contributed by atoms with Gasteiger partial charge in [0, 0.05) is 13.0 Å². The number of unbranched alkanes of at least 4 members (excludes halogenated alkanes) is 3. The van der Waals surface area contributed by atoms with Gasteiger partial charge in [-0.3, -0.25) is 9.59 Å². The van der Waals surface area contributed by atoms with E-state index >= 15 is 0 Å². The summed E-state index contributed by atoms with van der Waals surface area (Å²) in [7, 11) is 1.25. The normalized spacial score (nSPS) is 11.0. The molecule has 0 atom stereocenters. The Balaban J connectivity index is 2.10. The SMILES string of the molecule is CCCCCCc1cc2c(=O)c(-c3ccc(C(=O)OC)o3)c(C)oc2cc1OC(C)=O. The molecule has 0 bridgehead atoms. The molecular formula is C24H26O7. The van der Waals surface area contributed by atoms with Gasteiger partial charge in [-0.15, -0.1) is 0 Å². The summed E-state index contributed by atoms with van der Waals surface area (Å²) in [6.45, 7) is 5.11. The van der Waals surface area contributed by atoms with E-state index in [-0.39, 0.29) is 22.5 Å². The second kappa shape index (κ2) is 9.64. The minimum atomic E-state index is -0.630. The van der Waals surface area contributed by atoms with Crippen molar-refractivity contribution in [2.45, 2.75) is 52.9 Å². The Kier molecular flexibility index (Phi) is 6.95. The molecule has 3 rings (SSSR count). The highest BCUT2D eigenvalue weighted by atomic mass is 16.5. The van der Waals surface area contributed by atoms with E-state index in [1.807, 2.05) is 0 Å². The molecule has 0 saturated carbocycles. The van der Waals surface area contributed by atoms with Crippen molar-refractivity contribution in [3.8, 4) is 17.1 Å². The molecule has 2 aromatic heterocycles. The van der Waals surface area contributed by atoms with Gasteiger partial charge in [0.15, 0.2) is 0 Å². The van der Waals surface area contributed by atoms with Crippen LogP contribution in [0.1, 0.15) is 61.4 Å². The van der Waals surface area contributed by atoms with Gasteiger partial charge < -0.3 is 18.3 Å². The molecule has 0 N–H and O–H groups in total. The Labute approximate surface area is 179 Å². The first-order valence-electron chi connectivity index (χ1n) is 10.3. The number of fused-ring (bicyclic) bond motifs is 1. The van der Waals surface area contributed by atoms with Gasteiger partial charge in [0.05, 0.1) is 12.5 Å². The van der Waals surface area contributed by atoms with Crippen molar-refractivity contribution in [1.82, 2.24) is 0 Å². The third kappa shape index (κ3) is 4.87. The number of ether oxygens (including phenoxy) is 2. The topological polar surface area (TPSA) is 96.0 Å². The fraction of sp³-hybridized carbons (Fsp3) is 0.375. The van der Waals surface area contributed by atoms with Crippen molar-refractivity contribution >= 4 is 22.9 Å². The van der Waals surface area contributed by atoms with E-state index in [9.17, 15) is 14.4 Å². The van der Waals surface area contributed by atoms with Gasteiger partial charge in [0.2, 0.25) is 11.2 Å². The number of aryl methyl sites for hydroxylation is 2. The van der Waals surface area contributed by atoms with Crippen LogP contribution < -0.4 is 10.2 Å². The van der Waals surface area contributed by atoms with Crippen LogP contribution >= 0.6 is 0 Å².